The molecule has 6 aromatic rings. The van der Waals surface area contributed by atoms with E-state index in [1.54, 1.807) is 17.5 Å². The smallest absolute Gasteiger partial charge is 0.263 e. The Kier molecular flexibility index (Phi) is 5.49. The molecular formula is C30H25N3O3. The van der Waals surface area contributed by atoms with Gasteiger partial charge in [-0.1, -0.05) is 48.5 Å². The molecule has 0 unspecified atom stereocenters. The molecule has 36 heavy (non-hydrogen) atoms. The molecule has 1 amide bonds. The predicted molar refractivity (Wildman–Crippen MR) is 143 cm³/mol. The minimum atomic E-state index is -0.647. The van der Waals surface area contributed by atoms with E-state index in [1.165, 1.54) is 5.56 Å². The number of aryl methyl sites for hydroxylation is 1. The summed E-state index contributed by atoms with van der Waals surface area (Å²) in [5, 5.41) is 6.27. The Morgan fingerprint density at radius 2 is 1.72 bits per heavy atom. The van der Waals surface area contributed by atoms with E-state index in [-0.39, 0.29) is 11.5 Å². The molecule has 0 saturated heterocycles. The number of nitrogens with zero attached hydrogens (tertiary/aromatic N) is 2. The number of carbonyl (C=O) groups excluding carboxylic acids is 1. The van der Waals surface area contributed by atoms with Crippen molar-refractivity contribution in [1.82, 2.24) is 14.7 Å². The first kappa shape index (κ1) is 22.0. The summed E-state index contributed by atoms with van der Waals surface area (Å²) in [6.07, 6.45) is 2.90. The lowest BCUT2D eigenvalue weighted by Crippen LogP contribution is -2.36. The van der Waals surface area contributed by atoms with Crippen LogP contribution >= 0.6 is 0 Å². The maximum Gasteiger partial charge on any atom is 0.263 e. The highest BCUT2D eigenvalue weighted by Crippen LogP contribution is 2.34. The molecule has 6 nitrogen and oxygen atoms in total. The van der Waals surface area contributed by atoms with Crippen LogP contribution in [0.5, 0.6) is 5.75 Å². The highest BCUT2D eigenvalue weighted by Gasteiger charge is 2.19. The third-order valence-corrected chi connectivity index (χ3v) is 6.73. The standard InChI is InChI=1S/C30H25N3O3/c1-19(29(34)32-16-7-10-20-8-3-2-4-9-20)36-21-13-14-26-25(18-21)23-15-17-31-27-22-11-5-6-12-24(22)30(35)33(26)28(23)27/h2-6,8-9,11-15,17-19H,7,10,16H2,1H3,(H,32,34)/t19-/m1/s1. The van der Waals surface area contributed by atoms with Crippen LogP contribution in [0.15, 0.2) is 89.9 Å². The average molecular weight is 476 g/mol. The average Bonchev–Trinajstić information content (AvgIpc) is 3.25. The molecule has 3 aromatic heterocycles. The number of hydrogen-bond acceptors (Lipinski definition) is 4. The predicted octanol–water partition coefficient (Wildman–Crippen LogP) is 5.11. The van der Waals surface area contributed by atoms with Crippen LogP contribution in [0.1, 0.15) is 18.9 Å². The maximum absolute atomic E-state index is 13.4. The van der Waals surface area contributed by atoms with Crippen LogP contribution in [0.3, 0.4) is 0 Å². The lowest BCUT2D eigenvalue weighted by atomic mass is 10.1. The Bertz CT molecular complexity index is 1780. The number of amides is 1. The molecule has 0 saturated carbocycles. The maximum atomic E-state index is 13.4. The molecule has 1 atom stereocenters. The molecule has 3 heterocycles. The van der Waals surface area contributed by atoms with Gasteiger partial charge in [0.15, 0.2) is 6.10 Å². The summed E-state index contributed by atoms with van der Waals surface area (Å²) in [6, 6.07) is 25.3. The summed E-state index contributed by atoms with van der Waals surface area (Å²) >= 11 is 0. The third kappa shape index (κ3) is 3.71. The number of fused-ring (bicyclic) bond motifs is 5. The Balaban J connectivity index is 1.26. The summed E-state index contributed by atoms with van der Waals surface area (Å²) in [4.78, 5) is 30.6. The van der Waals surface area contributed by atoms with E-state index >= 15 is 0 Å². The van der Waals surface area contributed by atoms with Crippen LogP contribution in [-0.4, -0.2) is 27.9 Å². The second kappa shape index (κ2) is 8.96. The molecule has 6 heteroatoms. The topological polar surface area (TPSA) is 72.7 Å². The zero-order valence-corrected chi connectivity index (χ0v) is 19.9. The van der Waals surface area contributed by atoms with Crippen molar-refractivity contribution >= 4 is 44.0 Å². The molecule has 6 rings (SSSR count). The molecule has 1 N–H and O–H groups in total. The summed E-state index contributed by atoms with van der Waals surface area (Å²) in [6.45, 7) is 2.34. The van der Waals surface area contributed by atoms with E-state index in [9.17, 15) is 9.59 Å². The summed E-state index contributed by atoms with van der Waals surface area (Å²) < 4.78 is 7.74. The molecule has 0 bridgehead atoms. The van der Waals surface area contributed by atoms with Crippen LogP contribution in [0.2, 0.25) is 0 Å². The van der Waals surface area contributed by atoms with Gasteiger partial charge >= 0.3 is 0 Å². The number of hydrogen-bond donors (Lipinski definition) is 1. The molecule has 0 aliphatic carbocycles. The van der Waals surface area contributed by atoms with Gasteiger partial charge in [-0.2, -0.15) is 0 Å². The molecule has 0 radical (unpaired) electrons. The van der Waals surface area contributed by atoms with Crippen LogP contribution in [0.4, 0.5) is 0 Å². The fourth-order valence-electron chi connectivity index (χ4n) is 4.97. The second-order valence-electron chi connectivity index (χ2n) is 9.06. The monoisotopic (exact) mass is 475 g/mol. The minimum Gasteiger partial charge on any atom is -0.481 e. The van der Waals surface area contributed by atoms with Gasteiger partial charge < -0.3 is 10.1 Å². The van der Waals surface area contributed by atoms with Crippen molar-refractivity contribution in [3.63, 3.8) is 0 Å². The van der Waals surface area contributed by atoms with Gasteiger partial charge in [0.05, 0.1) is 16.6 Å². The molecule has 3 aromatic carbocycles. The van der Waals surface area contributed by atoms with Crippen molar-refractivity contribution in [3.8, 4) is 5.75 Å². The Morgan fingerprint density at radius 1 is 0.944 bits per heavy atom. The number of aromatic nitrogens is 2. The van der Waals surface area contributed by atoms with E-state index in [0.717, 1.165) is 45.6 Å². The van der Waals surface area contributed by atoms with Gasteiger partial charge in [0, 0.05) is 34.3 Å². The van der Waals surface area contributed by atoms with Gasteiger partial charge in [-0.3, -0.25) is 19.0 Å². The van der Waals surface area contributed by atoms with E-state index in [0.29, 0.717) is 17.7 Å². The Morgan fingerprint density at radius 3 is 2.56 bits per heavy atom. The second-order valence-corrected chi connectivity index (χ2v) is 9.06. The van der Waals surface area contributed by atoms with Gasteiger partial charge in [-0.25, -0.2) is 0 Å². The van der Waals surface area contributed by atoms with E-state index in [1.807, 2.05) is 66.7 Å². The molecule has 0 aliphatic heterocycles. The SMILES string of the molecule is C[C@@H](Oc1ccc2c(c1)c1ccnc3c4ccccc4c(=O)n2c13)C(=O)NCCCc1ccccc1. The van der Waals surface area contributed by atoms with Crippen molar-refractivity contribution in [3.05, 3.63) is 101 Å². The Hall–Kier alpha value is -4.45. The molecule has 0 aliphatic rings. The van der Waals surface area contributed by atoms with Crippen LogP contribution in [0.25, 0.3) is 38.1 Å². The van der Waals surface area contributed by atoms with Crippen molar-refractivity contribution in [2.75, 3.05) is 6.54 Å². The van der Waals surface area contributed by atoms with Crippen LogP contribution in [0, 0.1) is 0 Å². The van der Waals surface area contributed by atoms with Crippen molar-refractivity contribution in [2.45, 2.75) is 25.9 Å². The van der Waals surface area contributed by atoms with Gasteiger partial charge in [-0.05, 0) is 55.7 Å². The van der Waals surface area contributed by atoms with E-state index < -0.39 is 6.10 Å². The van der Waals surface area contributed by atoms with Gasteiger partial charge in [0.1, 0.15) is 5.75 Å². The van der Waals surface area contributed by atoms with Crippen molar-refractivity contribution in [1.29, 1.82) is 0 Å². The number of nitrogens with one attached hydrogen (secondary N) is 1. The normalized spacial score (nSPS) is 12.5. The molecular weight excluding hydrogens is 450 g/mol. The Labute approximate surface area is 207 Å². The fraction of sp³-hybridized carbons (Fsp3) is 0.167. The third-order valence-electron chi connectivity index (χ3n) is 6.73. The molecule has 0 spiro atoms. The zero-order valence-electron chi connectivity index (χ0n) is 19.9. The lowest BCUT2D eigenvalue weighted by molar-refractivity contribution is -0.127. The van der Waals surface area contributed by atoms with Gasteiger partial charge in [0.25, 0.3) is 11.5 Å². The number of benzene rings is 3. The fourth-order valence-corrected chi connectivity index (χ4v) is 4.97. The van der Waals surface area contributed by atoms with Crippen molar-refractivity contribution < 1.29 is 9.53 Å². The first-order valence-electron chi connectivity index (χ1n) is 12.2. The lowest BCUT2D eigenvalue weighted by Gasteiger charge is -2.15. The first-order chi connectivity index (χ1) is 17.6. The molecule has 0 fully saturated rings. The number of rotatable bonds is 7. The summed E-state index contributed by atoms with van der Waals surface area (Å²) in [7, 11) is 0. The number of carbonyl (C=O) groups is 1. The highest BCUT2D eigenvalue weighted by atomic mass is 16.5. The van der Waals surface area contributed by atoms with Gasteiger partial charge in [-0.15, -0.1) is 0 Å². The van der Waals surface area contributed by atoms with Crippen molar-refractivity contribution in [2.24, 2.45) is 0 Å². The first-order valence-corrected chi connectivity index (χ1v) is 12.2. The summed E-state index contributed by atoms with van der Waals surface area (Å²) in [5.41, 5.74) is 3.58. The number of ether oxygens (including phenoxy) is 1. The van der Waals surface area contributed by atoms with E-state index in [4.69, 9.17) is 4.74 Å². The van der Waals surface area contributed by atoms with Crippen LogP contribution < -0.4 is 15.6 Å². The highest BCUT2D eigenvalue weighted by molar-refractivity contribution is 6.18. The van der Waals surface area contributed by atoms with E-state index in [2.05, 4.69) is 22.4 Å². The summed E-state index contributed by atoms with van der Waals surface area (Å²) in [5.74, 6) is 0.427. The quantitative estimate of drug-likeness (QED) is 0.257. The molecule has 178 valence electrons. The zero-order chi connectivity index (χ0) is 24.6. The van der Waals surface area contributed by atoms with Gasteiger partial charge in [0.2, 0.25) is 0 Å². The van der Waals surface area contributed by atoms with Crippen LogP contribution in [-0.2, 0) is 11.2 Å². The largest absolute Gasteiger partial charge is 0.481 e. The minimum absolute atomic E-state index is 0.0667. The number of pyridine rings is 2.